The fourth-order valence-corrected chi connectivity index (χ4v) is 3.72. The fraction of sp³-hybridized carbons (Fsp3) is 0.133. The third-order valence-electron chi connectivity index (χ3n) is 3.65. The molecule has 1 aromatic carbocycles. The maximum Gasteiger partial charge on any atom is 0.295 e. The smallest absolute Gasteiger partial charge is 0.232 e. The topological polar surface area (TPSA) is 8.29 Å². The number of benzene rings is 1. The molecule has 88 valence electrons. The molecule has 3 heteroatoms. The lowest BCUT2D eigenvalue weighted by Gasteiger charge is -2.03. The van der Waals surface area contributed by atoms with Crippen LogP contribution in [0.1, 0.15) is 5.56 Å². The van der Waals surface area contributed by atoms with Gasteiger partial charge in [-0.2, -0.15) is 4.40 Å². The largest absolute Gasteiger partial charge is 0.295 e. The van der Waals surface area contributed by atoms with E-state index >= 15 is 0 Å². The Morgan fingerprint density at radius 3 is 2.94 bits per heavy atom. The van der Waals surface area contributed by atoms with Gasteiger partial charge in [-0.3, -0.25) is 0 Å². The SMILES string of the molecule is Cc1cccc2c3ccsc3n3cc[n+](C)c3c12. The van der Waals surface area contributed by atoms with Crippen molar-refractivity contribution in [3.63, 3.8) is 0 Å². The molecular weight excluding hydrogens is 240 g/mol. The lowest BCUT2D eigenvalue weighted by atomic mass is 10.0. The van der Waals surface area contributed by atoms with E-state index in [2.05, 4.69) is 65.0 Å². The normalized spacial score (nSPS) is 11.9. The summed E-state index contributed by atoms with van der Waals surface area (Å²) in [6.45, 7) is 2.19. The molecule has 3 aromatic heterocycles. The molecule has 0 spiro atoms. The van der Waals surface area contributed by atoms with Gasteiger partial charge in [-0.05, 0) is 23.9 Å². The number of pyridine rings is 1. The van der Waals surface area contributed by atoms with Crippen molar-refractivity contribution in [2.45, 2.75) is 6.92 Å². The van der Waals surface area contributed by atoms with Crippen molar-refractivity contribution in [1.82, 2.24) is 4.40 Å². The van der Waals surface area contributed by atoms with Crippen LogP contribution in [0.3, 0.4) is 0 Å². The van der Waals surface area contributed by atoms with Crippen molar-refractivity contribution in [2.24, 2.45) is 7.05 Å². The van der Waals surface area contributed by atoms with Gasteiger partial charge in [-0.15, -0.1) is 11.3 Å². The summed E-state index contributed by atoms with van der Waals surface area (Å²) in [6.07, 6.45) is 4.28. The molecule has 0 aliphatic carbocycles. The minimum Gasteiger partial charge on any atom is -0.232 e. The summed E-state index contributed by atoms with van der Waals surface area (Å²) in [7, 11) is 2.11. The number of rotatable bonds is 0. The molecule has 0 aliphatic heterocycles. The maximum absolute atomic E-state index is 2.30. The molecule has 0 fully saturated rings. The number of hydrogen-bond donors (Lipinski definition) is 0. The molecule has 18 heavy (non-hydrogen) atoms. The van der Waals surface area contributed by atoms with Crippen molar-refractivity contribution in [2.75, 3.05) is 0 Å². The van der Waals surface area contributed by atoms with Gasteiger partial charge in [0.2, 0.25) is 0 Å². The van der Waals surface area contributed by atoms with Crippen LogP contribution in [0, 0.1) is 6.92 Å². The van der Waals surface area contributed by atoms with Crippen LogP contribution in [0.15, 0.2) is 42.0 Å². The number of imidazole rings is 1. The standard InChI is InChI=1S/C15H13N2S/c1-10-4-3-5-11-12-6-9-18-15(12)17-8-7-16(2)14(17)13(10)11/h3-9H,1-2H3/q+1. The van der Waals surface area contributed by atoms with Crippen LogP contribution in [-0.4, -0.2) is 4.40 Å². The van der Waals surface area contributed by atoms with Crippen molar-refractivity contribution >= 4 is 38.0 Å². The number of thiophene rings is 1. The van der Waals surface area contributed by atoms with Crippen molar-refractivity contribution in [3.8, 4) is 0 Å². The van der Waals surface area contributed by atoms with E-state index in [1.807, 2.05) is 0 Å². The average molecular weight is 253 g/mol. The molecule has 0 N–H and O–H groups in total. The highest BCUT2D eigenvalue weighted by atomic mass is 32.1. The Hall–Kier alpha value is -1.87. The summed E-state index contributed by atoms with van der Waals surface area (Å²) in [6, 6.07) is 8.79. The van der Waals surface area contributed by atoms with E-state index in [9.17, 15) is 0 Å². The van der Waals surface area contributed by atoms with Crippen LogP contribution < -0.4 is 4.57 Å². The highest BCUT2D eigenvalue weighted by Gasteiger charge is 2.18. The minimum absolute atomic E-state index is 1.28. The fourth-order valence-electron chi connectivity index (χ4n) is 2.82. The van der Waals surface area contributed by atoms with E-state index in [-0.39, 0.29) is 0 Å². The predicted molar refractivity (Wildman–Crippen MR) is 76.2 cm³/mol. The molecule has 0 saturated heterocycles. The van der Waals surface area contributed by atoms with E-state index in [0.29, 0.717) is 0 Å². The number of aromatic nitrogens is 2. The summed E-state index contributed by atoms with van der Waals surface area (Å²) < 4.78 is 4.50. The van der Waals surface area contributed by atoms with Gasteiger partial charge in [0.15, 0.2) is 4.83 Å². The van der Waals surface area contributed by atoms with Crippen LogP contribution in [0.2, 0.25) is 0 Å². The number of fused-ring (bicyclic) bond motifs is 6. The second-order valence-electron chi connectivity index (χ2n) is 4.74. The molecule has 3 heterocycles. The van der Waals surface area contributed by atoms with Gasteiger partial charge in [0.1, 0.15) is 12.4 Å². The molecule has 0 amide bonds. The van der Waals surface area contributed by atoms with Crippen LogP contribution >= 0.6 is 11.3 Å². The summed E-state index contributed by atoms with van der Waals surface area (Å²) in [5.41, 5.74) is 2.61. The van der Waals surface area contributed by atoms with Crippen LogP contribution in [0.5, 0.6) is 0 Å². The maximum atomic E-state index is 2.30. The first kappa shape index (κ1) is 10.1. The summed E-state index contributed by atoms with van der Waals surface area (Å²) in [4.78, 5) is 1.32. The summed E-state index contributed by atoms with van der Waals surface area (Å²) in [5, 5.41) is 6.23. The van der Waals surface area contributed by atoms with E-state index in [0.717, 1.165) is 0 Å². The van der Waals surface area contributed by atoms with Gasteiger partial charge in [0.05, 0.1) is 12.4 Å². The molecule has 0 bridgehead atoms. The summed E-state index contributed by atoms with van der Waals surface area (Å²) >= 11 is 1.80. The quantitative estimate of drug-likeness (QED) is 0.424. The molecular formula is C15H13N2S+. The minimum atomic E-state index is 1.28. The predicted octanol–water partition coefficient (Wildman–Crippen LogP) is 3.44. The van der Waals surface area contributed by atoms with Gasteiger partial charge in [0, 0.05) is 10.8 Å². The zero-order chi connectivity index (χ0) is 12.3. The van der Waals surface area contributed by atoms with Crippen LogP contribution in [-0.2, 0) is 7.05 Å². The highest BCUT2D eigenvalue weighted by Crippen LogP contribution is 2.32. The zero-order valence-electron chi connectivity index (χ0n) is 10.3. The molecule has 4 rings (SSSR count). The molecule has 4 aromatic rings. The summed E-state index contributed by atoms with van der Waals surface area (Å²) in [5.74, 6) is 0. The highest BCUT2D eigenvalue weighted by molar-refractivity contribution is 7.17. The third-order valence-corrected chi connectivity index (χ3v) is 4.56. The van der Waals surface area contributed by atoms with Crippen molar-refractivity contribution < 1.29 is 4.57 Å². The first-order valence-corrected chi connectivity index (χ1v) is 6.90. The Bertz CT molecular complexity index is 899. The van der Waals surface area contributed by atoms with Crippen LogP contribution in [0.25, 0.3) is 26.6 Å². The van der Waals surface area contributed by atoms with E-state index < -0.39 is 0 Å². The van der Waals surface area contributed by atoms with Gasteiger partial charge >= 0.3 is 0 Å². The monoisotopic (exact) mass is 253 g/mol. The lowest BCUT2D eigenvalue weighted by molar-refractivity contribution is -0.643. The lowest BCUT2D eigenvalue weighted by Crippen LogP contribution is -2.26. The number of hydrogen-bond acceptors (Lipinski definition) is 1. The molecule has 0 aliphatic rings. The average Bonchev–Trinajstić information content (AvgIpc) is 2.96. The molecule has 0 atom stereocenters. The van der Waals surface area contributed by atoms with Gasteiger partial charge in [0.25, 0.3) is 5.65 Å². The second kappa shape index (κ2) is 3.33. The second-order valence-corrected chi connectivity index (χ2v) is 5.63. The van der Waals surface area contributed by atoms with E-state index in [1.165, 1.54) is 32.2 Å². The number of aryl methyl sites for hydroxylation is 2. The van der Waals surface area contributed by atoms with E-state index in [4.69, 9.17) is 0 Å². The molecule has 0 saturated carbocycles. The Kier molecular flexibility index (Phi) is 1.87. The Balaban J connectivity index is 2.51. The Labute approximate surface area is 109 Å². The zero-order valence-corrected chi connectivity index (χ0v) is 11.2. The number of nitrogens with zero attached hydrogens (tertiary/aromatic N) is 2. The Morgan fingerprint density at radius 1 is 1.17 bits per heavy atom. The van der Waals surface area contributed by atoms with Crippen molar-refractivity contribution in [1.29, 1.82) is 0 Å². The first-order chi connectivity index (χ1) is 8.77. The first-order valence-electron chi connectivity index (χ1n) is 6.02. The Morgan fingerprint density at radius 2 is 2.06 bits per heavy atom. The van der Waals surface area contributed by atoms with Gasteiger partial charge in [-0.25, -0.2) is 4.57 Å². The molecule has 0 unspecified atom stereocenters. The molecule has 2 nitrogen and oxygen atoms in total. The van der Waals surface area contributed by atoms with E-state index in [1.54, 1.807) is 11.3 Å². The van der Waals surface area contributed by atoms with Gasteiger partial charge in [-0.1, -0.05) is 18.2 Å². The van der Waals surface area contributed by atoms with Crippen molar-refractivity contribution in [3.05, 3.63) is 47.6 Å². The molecule has 0 radical (unpaired) electrons. The van der Waals surface area contributed by atoms with Crippen LogP contribution in [0.4, 0.5) is 0 Å². The van der Waals surface area contributed by atoms with Gasteiger partial charge < -0.3 is 0 Å². The third kappa shape index (κ3) is 1.10.